The highest BCUT2D eigenvalue weighted by atomic mass is 32.2. The first-order chi connectivity index (χ1) is 14.4. The Morgan fingerprint density at radius 1 is 1.10 bits per heavy atom. The number of methoxy groups -OCH3 is 1. The van der Waals surface area contributed by atoms with E-state index in [4.69, 9.17) is 4.74 Å². The summed E-state index contributed by atoms with van der Waals surface area (Å²) in [5.41, 5.74) is 0.132. The van der Waals surface area contributed by atoms with Crippen molar-refractivity contribution in [3.63, 3.8) is 0 Å². The summed E-state index contributed by atoms with van der Waals surface area (Å²) in [6, 6.07) is 9.09. The van der Waals surface area contributed by atoms with Crippen LogP contribution in [0.2, 0.25) is 0 Å². The van der Waals surface area contributed by atoms with E-state index in [1.165, 1.54) is 17.8 Å². The van der Waals surface area contributed by atoms with Crippen LogP contribution in [0.1, 0.15) is 39.1 Å². The van der Waals surface area contributed by atoms with Gasteiger partial charge in [-0.3, -0.25) is 9.59 Å². The number of fused-ring (bicyclic) bond motifs is 2. The monoisotopic (exact) mass is 422 g/mol. The molecule has 0 aromatic heterocycles. The summed E-state index contributed by atoms with van der Waals surface area (Å²) in [6.07, 6.45) is 5.28. The molecule has 0 aliphatic heterocycles. The molecule has 5 nitrogen and oxygen atoms in total. The van der Waals surface area contributed by atoms with Gasteiger partial charge in [0.15, 0.2) is 11.6 Å². The van der Waals surface area contributed by atoms with Crippen molar-refractivity contribution >= 4 is 23.3 Å². The molecule has 154 valence electrons. The second kappa shape index (κ2) is 6.72. The van der Waals surface area contributed by atoms with E-state index >= 15 is 0 Å². The third-order valence-electron chi connectivity index (χ3n) is 6.79. The first kappa shape index (κ1) is 19.4. The predicted molar refractivity (Wildman–Crippen MR) is 112 cm³/mol. The molecule has 2 N–H and O–H groups in total. The van der Waals surface area contributed by atoms with Crippen LogP contribution in [0.15, 0.2) is 52.3 Å². The molecule has 0 spiro atoms. The van der Waals surface area contributed by atoms with Crippen molar-refractivity contribution in [2.24, 2.45) is 17.8 Å². The van der Waals surface area contributed by atoms with Crippen LogP contribution >= 0.6 is 11.8 Å². The van der Waals surface area contributed by atoms with Crippen LogP contribution in [0.5, 0.6) is 11.5 Å². The van der Waals surface area contributed by atoms with Gasteiger partial charge in [0, 0.05) is 17.9 Å². The van der Waals surface area contributed by atoms with Gasteiger partial charge in [-0.2, -0.15) is 0 Å². The normalized spacial score (nSPS) is 29.1. The average Bonchev–Trinajstić information content (AvgIpc) is 2.76. The molecular weight excluding hydrogens is 400 g/mol. The second-order valence-electron chi connectivity index (χ2n) is 8.36. The van der Waals surface area contributed by atoms with Crippen molar-refractivity contribution < 1.29 is 24.5 Å². The number of allylic oxidation sites excluding steroid dienone is 1. The van der Waals surface area contributed by atoms with Crippen LogP contribution in [0.25, 0.3) is 0 Å². The Morgan fingerprint density at radius 2 is 1.83 bits per heavy atom. The Morgan fingerprint density at radius 3 is 2.47 bits per heavy atom. The summed E-state index contributed by atoms with van der Waals surface area (Å²) in [7, 11) is 1.56. The average molecular weight is 423 g/mol. The molecular formula is C24H22O5S. The SMILES string of the molecule is CO[C@]12C=C[C@H](CC1)C1C(=O)c3c(O)cc(Sc4ccc(C)cc4)c(O)c3C(=O)C12. The number of ketones is 2. The summed E-state index contributed by atoms with van der Waals surface area (Å²) in [5.74, 6) is -2.43. The van der Waals surface area contributed by atoms with Gasteiger partial charge in [-0.25, -0.2) is 0 Å². The molecule has 2 unspecified atom stereocenters. The van der Waals surface area contributed by atoms with E-state index in [0.717, 1.165) is 16.9 Å². The summed E-state index contributed by atoms with van der Waals surface area (Å²) < 4.78 is 5.77. The summed E-state index contributed by atoms with van der Waals surface area (Å²) >= 11 is 1.24. The maximum absolute atomic E-state index is 13.6. The van der Waals surface area contributed by atoms with Crippen LogP contribution in [-0.4, -0.2) is 34.5 Å². The van der Waals surface area contributed by atoms with Gasteiger partial charge >= 0.3 is 0 Å². The number of phenolic OH excluding ortho intramolecular Hbond substituents is 2. The van der Waals surface area contributed by atoms with E-state index in [0.29, 0.717) is 11.3 Å². The van der Waals surface area contributed by atoms with Crippen molar-refractivity contribution in [3.05, 3.63) is 59.2 Å². The third-order valence-corrected chi connectivity index (χ3v) is 7.83. The summed E-state index contributed by atoms with van der Waals surface area (Å²) in [6.45, 7) is 1.98. The molecule has 2 aromatic rings. The first-order valence-corrected chi connectivity index (χ1v) is 10.8. The Bertz CT molecular complexity index is 1100. The summed E-state index contributed by atoms with van der Waals surface area (Å²) in [5, 5.41) is 21.7. The van der Waals surface area contributed by atoms with E-state index in [9.17, 15) is 19.8 Å². The van der Waals surface area contributed by atoms with Crippen molar-refractivity contribution in [1.82, 2.24) is 0 Å². The molecule has 4 atom stereocenters. The minimum atomic E-state index is -0.841. The summed E-state index contributed by atoms with van der Waals surface area (Å²) in [4.78, 5) is 28.2. The quantitative estimate of drug-likeness (QED) is 0.558. The molecule has 0 amide bonds. The number of rotatable bonds is 3. The van der Waals surface area contributed by atoms with Gasteiger partial charge in [-0.1, -0.05) is 41.6 Å². The first-order valence-electron chi connectivity index (χ1n) is 10.0. The lowest BCUT2D eigenvalue weighted by atomic mass is 9.53. The van der Waals surface area contributed by atoms with Gasteiger partial charge in [-0.05, 0) is 43.9 Å². The Balaban J connectivity index is 1.64. The van der Waals surface area contributed by atoms with Gasteiger partial charge in [-0.15, -0.1) is 0 Å². The van der Waals surface area contributed by atoms with Crippen molar-refractivity contribution in [2.75, 3.05) is 7.11 Å². The molecule has 0 radical (unpaired) electrons. The molecule has 1 fully saturated rings. The van der Waals surface area contributed by atoms with Gasteiger partial charge in [0.05, 0.1) is 27.5 Å². The number of hydrogen-bond acceptors (Lipinski definition) is 6. The highest BCUT2D eigenvalue weighted by Crippen LogP contribution is 2.56. The second-order valence-corrected chi connectivity index (χ2v) is 9.48. The topological polar surface area (TPSA) is 83.8 Å². The third kappa shape index (κ3) is 2.60. The zero-order chi connectivity index (χ0) is 21.2. The number of phenols is 2. The maximum Gasteiger partial charge on any atom is 0.174 e. The number of carbonyl (C=O) groups is 2. The number of carbonyl (C=O) groups excluding carboxylic acids is 2. The van der Waals surface area contributed by atoms with Crippen molar-refractivity contribution in [3.8, 4) is 11.5 Å². The molecule has 6 rings (SSSR count). The minimum absolute atomic E-state index is 0.0558. The highest BCUT2D eigenvalue weighted by molar-refractivity contribution is 7.99. The van der Waals surface area contributed by atoms with Crippen LogP contribution in [0, 0.1) is 24.7 Å². The fourth-order valence-electron chi connectivity index (χ4n) is 5.25. The van der Waals surface area contributed by atoms with Gasteiger partial charge in [0.2, 0.25) is 0 Å². The van der Waals surface area contributed by atoms with Crippen LogP contribution in [-0.2, 0) is 4.74 Å². The molecule has 1 saturated carbocycles. The Kier molecular flexibility index (Phi) is 4.35. The number of aryl methyl sites for hydroxylation is 1. The number of hydrogen-bond donors (Lipinski definition) is 2. The Labute approximate surface area is 178 Å². The lowest BCUT2D eigenvalue weighted by molar-refractivity contribution is -0.0693. The standard InChI is InChI=1S/C24H22O5S/c1-12-3-5-14(6-4-12)30-16-11-15(25)18-19(21(16)26)23(28)20-17(22(18)27)13-7-9-24(20,29-2)10-8-13/h3-7,9,11,13,17,20,25-26H,8,10H2,1-2H3/t13-,17?,20?,24-/m1/s1. The lowest BCUT2D eigenvalue weighted by Crippen LogP contribution is -2.58. The Hall–Kier alpha value is -2.57. The zero-order valence-electron chi connectivity index (χ0n) is 16.7. The van der Waals surface area contributed by atoms with Crippen LogP contribution in [0.4, 0.5) is 0 Å². The highest BCUT2D eigenvalue weighted by Gasteiger charge is 2.60. The van der Waals surface area contributed by atoms with Gasteiger partial charge < -0.3 is 14.9 Å². The van der Waals surface area contributed by atoms with Gasteiger partial charge in [0.1, 0.15) is 11.5 Å². The number of ether oxygens (including phenoxy) is 1. The van der Waals surface area contributed by atoms with Crippen LogP contribution < -0.4 is 0 Å². The van der Waals surface area contributed by atoms with E-state index < -0.39 is 17.4 Å². The number of Topliss-reactive ketones (excluding diaryl/α,β-unsaturated/α-hetero) is 2. The molecule has 0 saturated heterocycles. The van der Waals surface area contributed by atoms with E-state index in [2.05, 4.69) is 0 Å². The fraction of sp³-hybridized carbons (Fsp3) is 0.333. The van der Waals surface area contributed by atoms with Crippen molar-refractivity contribution in [1.29, 1.82) is 0 Å². The van der Waals surface area contributed by atoms with E-state index in [-0.39, 0.29) is 40.1 Å². The fourth-order valence-corrected chi connectivity index (χ4v) is 6.15. The maximum atomic E-state index is 13.6. The number of aromatic hydroxyl groups is 2. The molecule has 30 heavy (non-hydrogen) atoms. The van der Waals surface area contributed by atoms with E-state index in [1.54, 1.807) is 7.11 Å². The molecule has 4 aliphatic carbocycles. The minimum Gasteiger partial charge on any atom is -0.507 e. The molecule has 2 aromatic carbocycles. The smallest absolute Gasteiger partial charge is 0.174 e. The molecule has 2 bridgehead atoms. The predicted octanol–water partition coefficient (Wildman–Crippen LogP) is 4.53. The largest absolute Gasteiger partial charge is 0.507 e. The lowest BCUT2D eigenvalue weighted by Gasteiger charge is -2.52. The van der Waals surface area contributed by atoms with E-state index in [1.807, 2.05) is 43.3 Å². The molecule has 0 heterocycles. The van der Waals surface area contributed by atoms with Crippen molar-refractivity contribution in [2.45, 2.75) is 35.2 Å². The number of benzene rings is 2. The van der Waals surface area contributed by atoms with Gasteiger partial charge in [0.25, 0.3) is 0 Å². The molecule has 6 heteroatoms. The van der Waals surface area contributed by atoms with Crippen LogP contribution in [0.3, 0.4) is 0 Å². The zero-order valence-corrected chi connectivity index (χ0v) is 17.5. The molecule has 4 aliphatic rings.